The lowest BCUT2D eigenvalue weighted by Gasteiger charge is -2.27. The summed E-state index contributed by atoms with van der Waals surface area (Å²) >= 11 is 1.43. The van der Waals surface area contributed by atoms with Gasteiger partial charge in [-0.15, -0.1) is 0 Å². The van der Waals surface area contributed by atoms with E-state index in [2.05, 4.69) is 5.32 Å². The summed E-state index contributed by atoms with van der Waals surface area (Å²) in [4.78, 5) is 28.8. The minimum Gasteiger partial charge on any atom is -0.497 e. The second kappa shape index (κ2) is 9.32. The summed E-state index contributed by atoms with van der Waals surface area (Å²) < 4.78 is 5.16. The van der Waals surface area contributed by atoms with Crippen molar-refractivity contribution in [3.05, 3.63) is 93.9 Å². The molecule has 32 heavy (non-hydrogen) atoms. The molecule has 2 amide bonds. The summed E-state index contributed by atoms with van der Waals surface area (Å²) in [5.74, 6) is 0.506. The summed E-state index contributed by atoms with van der Waals surface area (Å²) in [6.45, 7) is 2.44. The predicted molar refractivity (Wildman–Crippen MR) is 129 cm³/mol. The minimum atomic E-state index is -0.185. The van der Waals surface area contributed by atoms with Gasteiger partial charge in [-0.05, 0) is 54.5 Å². The Kier molecular flexibility index (Phi) is 6.32. The highest BCUT2D eigenvalue weighted by molar-refractivity contribution is 8.04. The van der Waals surface area contributed by atoms with E-state index in [0.29, 0.717) is 17.0 Å². The first kappa shape index (κ1) is 21.7. The van der Waals surface area contributed by atoms with E-state index in [0.717, 1.165) is 33.0 Å². The molecule has 0 radical (unpaired) electrons. The molecule has 0 aromatic heterocycles. The number of nitrogens with one attached hydrogen (secondary N) is 1. The molecule has 0 saturated heterocycles. The Bertz CT molecular complexity index is 1200. The average Bonchev–Trinajstić information content (AvgIpc) is 2.81. The van der Waals surface area contributed by atoms with Gasteiger partial charge in [0.2, 0.25) is 0 Å². The third-order valence-corrected chi connectivity index (χ3v) is 6.35. The molecule has 0 unspecified atom stereocenters. The number of carbonyl (C=O) groups is 2. The molecule has 6 heteroatoms. The van der Waals surface area contributed by atoms with Crippen LogP contribution in [0.2, 0.25) is 0 Å². The Labute approximate surface area is 192 Å². The van der Waals surface area contributed by atoms with Crippen molar-refractivity contribution in [1.29, 1.82) is 0 Å². The lowest BCUT2D eigenvalue weighted by atomic mass is 10.1. The number of nitrogens with zero attached hydrogens (tertiary/aromatic N) is 1. The van der Waals surface area contributed by atoms with Crippen LogP contribution in [0.5, 0.6) is 5.75 Å². The van der Waals surface area contributed by atoms with Crippen molar-refractivity contribution in [2.24, 2.45) is 0 Å². The molecule has 0 spiro atoms. The van der Waals surface area contributed by atoms with Gasteiger partial charge in [0.25, 0.3) is 11.8 Å². The third-order valence-electron chi connectivity index (χ3n) is 5.27. The molecule has 0 aliphatic carbocycles. The maximum atomic E-state index is 12.9. The van der Waals surface area contributed by atoms with E-state index in [1.807, 2.05) is 67.6 Å². The maximum Gasteiger partial charge on any atom is 0.264 e. The molecule has 162 valence electrons. The highest BCUT2D eigenvalue weighted by Crippen LogP contribution is 2.42. The number of methoxy groups -OCH3 is 1. The molecule has 0 bridgehead atoms. The first-order valence-corrected chi connectivity index (χ1v) is 11.1. The number of aryl methyl sites for hydroxylation is 1. The van der Waals surface area contributed by atoms with Crippen molar-refractivity contribution < 1.29 is 14.3 Å². The van der Waals surface area contributed by atoms with E-state index in [9.17, 15) is 9.59 Å². The Balaban J connectivity index is 1.50. The zero-order valence-corrected chi connectivity index (χ0v) is 19.0. The van der Waals surface area contributed by atoms with Crippen LogP contribution in [0.4, 0.5) is 5.69 Å². The highest BCUT2D eigenvalue weighted by Gasteiger charge is 2.27. The van der Waals surface area contributed by atoms with Crippen LogP contribution in [0.1, 0.15) is 27.0 Å². The first-order valence-electron chi connectivity index (χ1n) is 10.2. The number of hydrogen-bond donors (Lipinski definition) is 1. The van der Waals surface area contributed by atoms with Gasteiger partial charge in [-0.1, -0.05) is 53.7 Å². The van der Waals surface area contributed by atoms with Crippen LogP contribution < -0.4 is 15.0 Å². The number of hydrogen-bond acceptors (Lipinski definition) is 4. The molecule has 4 rings (SSSR count). The largest absolute Gasteiger partial charge is 0.497 e. The van der Waals surface area contributed by atoms with Gasteiger partial charge in [-0.2, -0.15) is 0 Å². The average molecular weight is 445 g/mol. The maximum absolute atomic E-state index is 12.9. The quantitative estimate of drug-likeness (QED) is 0.560. The number of rotatable bonds is 5. The van der Waals surface area contributed by atoms with Crippen molar-refractivity contribution in [3.63, 3.8) is 0 Å². The van der Waals surface area contributed by atoms with Gasteiger partial charge in [0.1, 0.15) is 5.75 Å². The van der Waals surface area contributed by atoms with Crippen LogP contribution in [0, 0.1) is 6.92 Å². The SMILES string of the molecule is COc1ccc(CNC(=O)c2ccc3c(c2)N(C)C(=O)C(=Cc2cccc(C)c2)S3)cc1. The minimum absolute atomic E-state index is 0.0835. The van der Waals surface area contributed by atoms with Gasteiger partial charge in [0.05, 0.1) is 17.7 Å². The second-order valence-corrected chi connectivity index (χ2v) is 8.69. The van der Waals surface area contributed by atoms with E-state index in [-0.39, 0.29) is 11.8 Å². The van der Waals surface area contributed by atoms with E-state index in [1.165, 1.54) is 11.8 Å². The van der Waals surface area contributed by atoms with Crippen LogP contribution in [-0.4, -0.2) is 26.0 Å². The number of thioether (sulfide) groups is 1. The monoisotopic (exact) mass is 444 g/mol. The molecule has 0 saturated carbocycles. The second-order valence-electron chi connectivity index (χ2n) is 7.60. The topological polar surface area (TPSA) is 58.6 Å². The fourth-order valence-electron chi connectivity index (χ4n) is 3.47. The molecule has 1 N–H and O–H groups in total. The number of likely N-dealkylation sites (N-methyl/N-ethyl adjacent to an activating group) is 1. The molecule has 3 aromatic rings. The first-order chi connectivity index (χ1) is 15.4. The molecule has 0 fully saturated rings. The van der Waals surface area contributed by atoms with Crippen LogP contribution in [0.15, 0.2) is 76.5 Å². The number of anilines is 1. The summed E-state index contributed by atoms with van der Waals surface area (Å²) in [6, 6.07) is 21.1. The smallest absolute Gasteiger partial charge is 0.264 e. The predicted octanol–water partition coefficient (Wildman–Crippen LogP) is 5.04. The number of amides is 2. The summed E-state index contributed by atoms with van der Waals surface area (Å²) in [5, 5.41) is 2.93. The van der Waals surface area contributed by atoms with Crippen LogP contribution in [0.25, 0.3) is 6.08 Å². The molecular formula is C26H24N2O3S. The molecule has 1 heterocycles. The van der Waals surface area contributed by atoms with Crippen LogP contribution in [-0.2, 0) is 11.3 Å². The third kappa shape index (κ3) is 4.70. The van der Waals surface area contributed by atoms with Gasteiger partial charge >= 0.3 is 0 Å². The summed E-state index contributed by atoms with van der Waals surface area (Å²) in [7, 11) is 3.36. The van der Waals surface area contributed by atoms with Crippen molar-refractivity contribution >= 4 is 35.3 Å². The fraction of sp³-hybridized carbons (Fsp3) is 0.154. The molecule has 3 aromatic carbocycles. The van der Waals surface area contributed by atoms with E-state index in [4.69, 9.17) is 4.74 Å². The van der Waals surface area contributed by atoms with Gasteiger partial charge in [-0.3, -0.25) is 9.59 Å². The molecule has 1 aliphatic heterocycles. The van der Waals surface area contributed by atoms with Crippen molar-refractivity contribution in [2.45, 2.75) is 18.4 Å². The fourth-order valence-corrected chi connectivity index (χ4v) is 4.57. The summed E-state index contributed by atoms with van der Waals surface area (Å²) in [6.07, 6.45) is 1.91. The Hall–Kier alpha value is -3.51. The van der Waals surface area contributed by atoms with Gasteiger partial charge in [0.15, 0.2) is 0 Å². The summed E-state index contributed by atoms with van der Waals surface area (Å²) in [5.41, 5.74) is 4.37. The highest BCUT2D eigenvalue weighted by atomic mass is 32.2. The van der Waals surface area contributed by atoms with E-state index >= 15 is 0 Å². The normalized spacial score (nSPS) is 14.3. The number of ether oxygens (including phenoxy) is 1. The van der Waals surface area contributed by atoms with E-state index < -0.39 is 0 Å². The zero-order valence-electron chi connectivity index (χ0n) is 18.2. The standard InChI is InChI=1S/C26H24N2O3S/c1-17-5-4-6-19(13-17)14-24-26(30)28(2)22-15-20(9-12-23(22)32-24)25(29)27-16-18-7-10-21(31-3)11-8-18/h4-15H,16H2,1-3H3,(H,27,29). The van der Waals surface area contributed by atoms with Crippen molar-refractivity contribution in [1.82, 2.24) is 5.32 Å². The number of benzene rings is 3. The lowest BCUT2D eigenvalue weighted by Crippen LogP contribution is -2.31. The van der Waals surface area contributed by atoms with Crippen molar-refractivity contribution in [3.8, 4) is 5.75 Å². The number of carbonyl (C=O) groups excluding carboxylic acids is 2. The van der Waals surface area contributed by atoms with Gasteiger partial charge in [-0.25, -0.2) is 0 Å². The molecular weight excluding hydrogens is 420 g/mol. The van der Waals surface area contributed by atoms with Crippen molar-refractivity contribution in [2.75, 3.05) is 19.1 Å². The van der Waals surface area contributed by atoms with Gasteiger partial charge < -0.3 is 15.0 Å². The zero-order chi connectivity index (χ0) is 22.7. The van der Waals surface area contributed by atoms with Gasteiger partial charge in [0, 0.05) is 24.1 Å². The lowest BCUT2D eigenvalue weighted by molar-refractivity contribution is -0.114. The Morgan fingerprint density at radius 3 is 2.59 bits per heavy atom. The molecule has 0 atom stereocenters. The van der Waals surface area contributed by atoms with Crippen LogP contribution >= 0.6 is 11.8 Å². The Morgan fingerprint density at radius 2 is 1.88 bits per heavy atom. The molecule has 1 aliphatic rings. The van der Waals surface area contributed by atoms with Crippen LogP contribution in [0.3, 0.4) is 0 Å². The Morgan fingerprint density at radius 1 is 1.09 bits per heavy atom. The van der Waals surface area contributed by atoms with E-state index in [1.54, 1.807) is 31.2 Å². The number of fused-ring (bicyclic) bond motifs is 1. The molecule has 5 nitrogen and oxygen atoms in total.